The zero-order chi connectivity index (χ0) is 15.0. The van der Waals surface area contributed by atoms with Gasteiger partial charge in [-0.05, 0) is 11.4 Å². The van der Waals surface area contributed by atoms with Crippen molar-refractivity contribution in [2.45, 2.75) is 6.43 Å². The van der Waals surface area contributed by atoms with E-state index >= 15 is 0 Å². The first-order valence-corrected chi connectivity index (χ1v) is 6.65. The number of carbonyl (C=O) groups excluding carboxylic acids is 2. The Bertz CT molecular complexity index is 429. The molecule has 1 rings (SSSR count). The second-order valence-electron chi connectivity index (χ2n) is 3.83. The van der Waals surface area contributed by atoms with Crippen molar-refractivity contribution in [2.75, 3.05) is 26.2 Å². The van der Waals surface area contributed by atoms with Gasteiger partial charge in [0, 0.05) is 6.54 Å². The summed E-state index contributed by atoms with van der Waals surface area (Å²) < 4.78 is 24.5. The number of carbonyl (C=O) groups is 2. The topological polar surface area (TPSA) is 81.7 Å². The van der Waals surface area contributed by atoms with Crippen molar-refractivity contribution in [3.8, 4) is 0 Å². The number of nitrogens with one attached hydrogen (secondary N) is 2. The van der Waals surface area contributed by atoms with Gasteiger partial charge >= 0.3 is 0 Å². The Hall–Kier alpha value is -1.58. The first-order chi connectivity index (χ1) is 9.52. The Morgan fingerprint density at radius 1 is 1.40 bits per heavy atom. The molecule has 0 aliphatic heterocycles. The van der Waals surface area contributed by atoms with E-state index < -0.39 is 24.8 Å². The number of thiophene rings is 1. The van der Waals surface area contributed by atoms with Crippen molar-refractivity contribution < 1.29 is 23.5 Å². The second kappa shape index (κ2) is 8.56. The van der Waals surface area contributed by atoms with Crippen molar-refractivity contribution in [2.24, 2.45) is 0 Å². The first-order valence-electron chi connectivity index (χ1n) is 5.77. The molecule has 20 heavy (non-hydrogen) atoms. The highest BCUT2D eigenvalue weighted by Crippen LogP contribution is 2.07. The minimum absolute atomic E-state index is 0.0450. The summed E-state index contributed by atoms with van der Waals surface area (Å²) >= 11 is 1.21. The van der Waals surface area contributed by atoms with Crippen LogP contribution in [0.1, 0.15) is 9.67 Å². The van der Waals surface area contributed by atoms with Crippen molar-refractivity contribution >= 4 is 23.2 Å². The molecule has 0 atom stereocenters. The Labute approximate surface area is 118 Å². The molecule has 0 bridgehead atoms. The lowest BCUT2D eigenvalue weighted by Gasteiger charge is -2.20. The minimum atomic E-state index is -2.60. The average molecular weight is 307 g/mol. The lowest BCUT2D eigenvalue weighted by molar-refractivity contribution is -0.123. The number of hydrogen-bond donors (Lipinski definition) is 3. The van der Waals surface area contributed by atoms with Crippen LogP contribution in [0.2, 0.25) is 0 Å². The van der Waals surface area contributed by atoms with E-state index in [4.69, 9.17) is 5.11 Å². The molecule has 3 N–H and O–H groups in total. The van der Waals surface area contributed by atoms with Crippen molar-refractivity contribution in [1.29, 1.82) is 0 Å². The highest BCUT2D eigenvalue weighted by molar-refractivity contribution is 7.12. The second-order valence-corrected chi connectivity index (χ2v) is 4.78. The van der Waals surface area contributed by atoms with Gasteiger partial charge in [-0.3, -0.25) is 25.3 Å². The number of aliphatic hydroxyl groups excluding tert-OH is 1. The van der Waals surface area contributed by atoms with E-state index in [0.29, 0.717) is 4.88 Å². The van der Waals surface area contributed by atoms with Gasteiger partial charge in [0.05, 0.1) is 24.6 Å². The summed E-state index contributed by atoms with van der Waals surface area (Å²) in [6, 6.07) is 3.27. The largest absolute Gasteiger partial charge is 0.395 e. The number of amides is 2. The number of halogens is 2. The fraction of sp³-hybridized carbons (Fsp3) is 0.455. The molecule has 0 fully saturated rings. The fourth-order valence-corrected chi connectivity index (χ4v) is 2.03. The molecule has 0 unspecified atom stereocenters. The number of hydrogen-bond acceptors (Lipinski definition) is 5. The molecule has 0 radical (unpaired) electrons. The highest BCUT2D eigenvalue weighted by atomic mass is 32.1. The molecule has 0 aromatic carbocycles. The maximum absolute atomic E-state index is 12.2. The maximum Gasteiger partial charge on any atom is 0.279 e. The normalized spacial score (nSPS) is 10.8. The van der Waals surface area contributed by atoms with E-state index in [-0.39, 0.29) is 19.7 Å². The minimum Gasteiger partial charge on any atom is -0.395 e. The van der Waals surface area contributed by atoms with Gasteiger partial charge in [0.15, 0.2) is 0 Å². The first kappa shape index (κ1) is 16.5. The monoisotopic (exact) mass is 307 g/mol. The van der Waals surface area contributed by atoms with E-state index in [1.807, 2.05) is 0 Å². The molecule has 0 aliphatic carbocycles. The van der Waals surface area contributed by atoms with Gasteiger partial charge in [0.25, 0.3) is 18.2 Å². The summed E-state index contributed by atoms with van der Waals surface area (Å²) in [5, 5.41) is 10.4. The van der Waals surface area contributed by atoms with Crippen LogP contribution in [0.4, 0.5) is 8.78 Å². The van der Waals surface area contributed by atoms with Crippen LogP contribution in [0.15, 0.2) is 17.5 Å². The summed E-state index contributed by atoms with van der Waals surface area (Å²) in [6.07, 6.45) is -2.60. The quantitative estimate of drug-likeness (QED) is 0.623. The summed E-state index contributed by atoms with van der Waals surface area (Å²) in [4.78, 5) is 24.5. The van der Waals surface area contributed by atoms with Crippen molar-refractivity contribution in [1.82, 2.24) is 15.8 Å². The van der Waals surface area contributed by atoms with E-state index in [9.17, 15) is 18.4 Å². The standard InChI is InChI=1S/C11H15F2N3O3S/c12-9(13)6-16(3-4-17)7-10(18)14-15-11(19)8-2-1-5-20-8/h1-2,5,9,17H,3-4,6-7H2,(H,14,18)(H,15,19). The molecule has 1 heterocycles. The summed E-state index contributed by atoms with van der Waals surface area (Å²) in [5.41, 5.74) is 4.31. The lowest BCUT2D eigenvalue weighted by Crippen LogP contribution is -2.47. The van der Waals surface area contributed by atoms with Crippen LogP contribution in [0.3, 0.4) is 0 Å². The number of rotatable bonds is 7. The van der Waals surface area contributed by atoms with Gasteiger partial charge in [-0.25, -0.2) is 8.78 Å². The van der Waals surface area contributed by atoms with Gasteiger partial charge < -0.3 is 5.11 Å². The number of alkyl halides is 2. The van der Waals surface area contributed by atoms with Gasteiger partial charge in [0.2, 0.25) is 0 Å². The molecule has 6 nitrogen and oxygen atoms in total. The molecule has 0 aliphatic rings. The summed E-state index contributed by atoms with van der Waals surface area (Å²) in [6.45, 7) is -1.33. The molecule has 1 aromatic rings. The number of hydrazine groups is 1. The van der Waals surface area contributed by atoms with Gasteiger partial charge in [-0.1, -0.05) is 6.07 Å². The van der Waals surface area contributed by atoms with Crippen LogP contribution in [0.25, 0.3) is 0 Å². The third-order valence-corrected chi connectivity index (χ3v) is 3.11. The summed E-state index contributed by atoms with van der Waals surface area (Å²) in [7, 11) is 0. The molecule has 0 saturated carbocycles. The van der Waals surface area contributed by atoms with Crippen LogP contribution < -0.4 is 10.9 Å². The zero-order valence-electron chi connectivity index (χ0n) is 10.5. The lowest BCUT2D eigenvalue weighted by atomic mass is 10.4. The van der Waals surface area contributed by atoms with Crippen molar-refractivity contribution in [3.63, 3.8) is 0 Å². The maximum atomic E-state index is 12.2. The third-order valence-electron chi connectivity index (χ3n) is 2.24. The predicted molar refractivity (Wildman–Crippen MR) is 69.5 cm³/mol. The van der Waals surface area contributed by atoms with E-state index in [0.717, 1.165) is 4.90 Å². The Morgan fingerprint density at radius 3 is 2.70 bits per heavy atom. The third kappa shape index (κ3) is 6.04. The van der Waals surface area contributed by atoms with E-state index in [1.54, 1.807) is 17.5 Å². The molecule has 0 spiro atoms. The molecule has 1 aromatic heterocycles. The van der Waals surface area contributed by atoms with Crippen LogP contribution in [-0.4, -0.2) is 54.5 Å². The molecule has 2 amide bonds. The number of nitrogens with zero attached hydrogens (tertiary/aromatic N) is 1. The summed E-state index contributed by atoms with van der Waals surface area (Å²) in [5.74, 6) is -1.11. The zero-order valence-corrected chi connectivity index (χ0v) is 11.3. The van der Waals surface area contributed by atoms with Gasteiger partial charge in [-0.2, -0.15) is 0 Å². The predicted octanol–water partition coefficient (Wildman–Crippen LogP) is 0.0685. The smallest absolute Gasteiger partial charge is 0.279 e. The van der Waals surface area contributed by atoms with Crippen LogP contribution in [-0.2, 0) is 4.79 Å². The van der Waals surface area contributed by atoms with Crippen LogP contribution in [0.5, 0.6) is 0 Å². The Morgan fingerprint density at radius 2 is 2.15 bits per heavy atom. The highest BCUT2D eigenvalue weighted by Gasteiger charge is 2.15. The molecule has 9 heteroatoms. The fourth-order valence-electron chi connectivity index (χ4n) is 1.41. The molecule has 0 saturated heterocycles. The Kier molecular flexibility index (Phi) is 7.05. The van der Waals surface area contributed by atoms with Crippen molar-refractivity contribution in [3.05, 3.63) is 22.4 Å². The van der Waals surface area contributed by atoms with E-state index in [1.165, 1.54) is 11.3 Å². The van der Waals surface area contributed by atoms with E-state index in [2.05, 4.69) is 10.9 Å². The SMILES string of the molecule is O=C(CN(CCO)CC(F)F)NNC(=O)c1cccs1. The van der Waals surface area contributed by atoms with Gasteiger partial charge in [0.1, 0.15) is 0 Å². The van der Waals surface area contributed by atoms with Gasteiger partial charge in [-0.15, -0.1) is 11.3 Å². The average Bonchev–Trinajstić information content (AvgIpc) is 2.89. The van der Waals surface area contributed by atoms with Crippen LogP contribution >= 0.6 is 11.3 Å². The van der Waals surface area contributed by atoms with Crippen LogP contribution in [0, 0.1) is 0 Å². The molecule has 112 valence electrons. The Balaban J connectivity index is 2.36. The molecular weight excluding hydrogens is 292 g/mol. The number of aliphatic hydroxyl groups is 1. The molecular formula is C11H15F2N3O3S.